The average molecular weight is 247 g/mol. The van der Waals surface area contributed by atoms with Gasteiger partial charge in [0.05, 0.1) is 12.7 Å². The van der Waals surface area contributed by atoms with Gasteiger partial charge in [-0.05, 0) is 49.1 Å². The number of aryl methyl sites for hydroxylation is 1. The van der Waals surface area contributed by atoms with E-state index in [2.05, 4.69) is 11.8 Å². The molecule has 1 aliphatic heterocycles. The van der Waals surface area contributed by atoms with E-state index in [0.29, 0.717) is 11.8 Å². The second kappa shape index (κ2) is 4.90. The Hall–Kier alpha value is -1.06. The Balaban J connectivity index is 1.91. The smallest absolute Gasteiger partial charge is 0.115 e. The van der Waals surface area contributed by atoms with E-state index in [-0.39, 0.29) is 6.10 Å². The van der Waals surface area contributed by atoms with Gasteiger partial charge in [-0.25, -0.2) is 0 Å². The zero-order valence-electron chi connectivity index (χ0n) is 10.9. The summed E-state index contributed by atoms with van der Waals surface area (Å²) in [6.45, 7) is 5.23. The van der Waals surface area contributed by atoms with Crippen molar-refractivity contribution in [3.63, 3.8) is 0 Å². The molecule has 1 aromatic rings. The van der Waals surface area contributed by atoms with Crippen LogP contribution in [0.15, 0.2) is 18.2 Å². The minimum Gasteiger partial charge on any atom is -0.508 e. The molecule has 2 aliphatic rings. The molecule has 1 N–H and O–H groups in total. The van der Waals surface area contributed by atoms with Crippen molar-refractivity contribution >= 4 is 0 Å². The number of ether oxygens (including phenoxy) is 1. The Morgan fingerprint density at radius 2 is 2.33 bits per heavy atom. The van der Waals surface area contributed by atoms with Crippen molar-refractivity contribution in [1.29, 1.82) is 0 Å². The summed E-state index contributed by atoms with van der Waals surface area (Å²) in [6, 6.07) is 6.21. The van der Waals surface area contributed by atoms with Gasteiger partial charge in [0.15, 0.2) is 0 Å². The Labute approximate surface area is 108 Å². The second-order valence-corrected chi connectivity index (χ2v) is 5.32. The van der Waals surface area contributed by atoms with Crippen LogP contribution in [0.1, 0.15) is 37.0 Å². The van der Waals surface area contributed by atoms with Gasteiger partial charge in [-0.3, -0.25) is 4.90 Å². The van der Waals surface area contributed by atoms with Crippen LogP contribution in [-0.2, 0) is 11.2 Å². The van der Waals surface area contributed by atoms with Crippen LogP contribution in [0.25, 0.3) is 0 Å². The lowest BCUT2D eigenvalue weighted by Crippen LogP contribution is -2.49. The van der Waals surface area contributed by atoms with Crippen molar-refractivity contribution in [3.8, 4) is 5.75 Å². The molecule has 98 valence electrons. The predicted octanol–water partition coefficient (Wildman–Crippen LogP) is 2.49. The third kappa shape index (κ3) is 2.02. The molecular formula is C15H21NO2. The molecule has 1 aliphatic carbocycles. The van der Waals surface area contributed by atoms with Gasteiger partial charge in [0.25, 0.3) is 0 Å². The van der Waals surface area contributed by atoms with E-state index in [1.165, 1.54) is 24.0 Å². The summed E-state index contributed by atoms with van der Waals surface area (Å²) >= 11 is 0. The Kier molecular flexibility index (Phi) is 3.27. The summed E-state index contributed by atoms with van der Waals surface area (Å²) in [6.07, 6.45) is 3.61. The summed E-state index contributed by atoms with van der Waals surface area (Å²) < 4.78 is 5.99. The molecule has 3 heteroatoms. The van der Waals surface area contributed by atoms with Crippen LogP contribution in [0.4, 0.5) is 0 Å². The lowest BCUT2D eigenvalue weighted by Gasteiger charge is -2.44. The van der Waals surface area contributed by atoms with Crippen LogP contribution < -0.4 is 0 Å². The minimum atomic E-state index is 0.154. The predicted molar refractivity (Wildman–Crippen MR) is 70.8 cm³/mol. The number of morpholine rings is 1. The van der Waals surface area contributed by atoms with E-state index in [1.54, 1.807) is 6.07 Å². The molecule has 1 aromatic carbocycles. The fraction of sp³-hybridized carbons (Fsp3) is 0.600. The molecule has 0 aromatic heterocycles. The van der Waals surface area contributed by atoms with Crippen LogP contribution in [-0.4, -0.2) is 35.7 Å². The fourth-order valence-corrected chi connectivity index (χ4v) is 3.34. The normalized spacial score (nSPS) is 27.6. The molecule has 18 heavy (non-hydrogen) atoms. The van der Waals surface area contributed by atoms with Gasteiger partial charge < -0.3 is 9.84 Å². The number of hydrogen-bond donors (Lipinski definition) is 1. The molecule has 3 rings (SSSR count). The first-order valence-electron chi connectivity index (χ1n) is 6.97. The molecular weight excluding hydrogens is 226 g/mol. The minimum absolute atomic E-state index is 0.154. The van der Waals surface area contributed by atoms with Crippen LogP contribution in [0, 0.1) is 0 Å². The van der Waals surface area contributed by atoms with Gasteiger partial charge in [0, 0.05) is 12.6 Å². The number of phenolic OH excluding ortho intramolecular Hbond substituents is 1. The Morgan fingerprint density at radius 3 is 3.17 bits per heavy atom. The highest BCUT2D eigenvalue weighted by atomic mass is 16.5. The summed E-state index contributed by atoms with van der Waals surface area (Å²) in [5.74, 6) is 0.352. The average Bonchev–Trinajstić information content (AvgIpc) is 2.39. The van der Waals surface area contributed by atoms with E-state index in [1.807, 2.05) is 12.1 Å². The molecule has 1 saturated heterocycles. The first-order valence-corrected chi connectivity index (χ1v) is 6.97. The zero-order valence-corrected chi connectivity index (χ0v) is 10.9. The number of hydrogen-bond acceptors (Lipinski definition) is 3. The molecule has 1 heterocycles. The van der Waals surface area contributed by atoms with E-state index in [9.17, 15) is 5.11 Å². The Morgan fingerprint density at radius 1 is 1.44 bits per heavy atom. The topological polar surface area (TPSA) is 32.7 Å². The standard InChI is InChI=1S/C15H21NO2/c1-2-7-16-8-9-18-15-13-10-12(17)5-3-11(13)4-6-14(15)16/h3,5,10,14-15,17H,2,4,6-9H2,1H3/t14-,15-/m0/s1. The third-order valence-corrected chi connectivity index (χ3v) is 4.15. The summed E-state index contributed by atoms with van der Waals surface area (Å²) in [4.78, 5) is 2.56. The maximum absolute atomic E-state index is 9.68. The van der Waals surface area contributed by atoms with Gasteiger partial charge >= 0.3 is 0 Å². The lowest BCUT2D eigenvalue weighted by atomic mass is 9.84. The molecule has 3 nitrogen and oxygen atoms in total. The van der Waals surface area contributed by atoms with Crippen LogP contribution >= 0.6 is 0 Å². The molecule has 0 spiro atoms. The van der Waals surface area contributed by atoms with Crippen molar-refractivity contribution in [1.82, 2.24) is 4.90 Å². The largest absolute Gasteiger partial charge is 0.508 e. The number of aromatic hydroxyl groups is 1. The van der Waals surface area contributed by atoms with Crippen LogP contribution in [0.3, 0.4) is 0 Å². The van der Waals surface area contributed by atoms with E-state index < -0.39 is 0 Å². The molecule has 1 fully saturated rings. The fourth-order valence-electron chi connectivity index (χ4n) is 3.34. The van der Waals surface area contributed by atoms with Crippen molar-refractivity contribution in [2.75, 3.05) is 19.7 Å². The SMILES string of the molecule is CCCN1CCO[C@H]2c3cc(O)ccc3CC[C@@H]21. The summed E-state index contributed by atoms with van der Waals surface area (Å²) in [5, 5.41) is 9.68. The second-order valence-electron chi connectivity index (χ2n) is 5.32. The van der Waals surface area contributed by atoms with E-state index in [4.69, 9.17) is 4.74 Å². The van der Waals surface area contributed by atoms with Crippen molar-refractivity contribution < 1.29 is 9.84 Å². The number of benzene rings is 1. The maximum atomic E-state index is 9.68. The first-order chi connectivity index (χ1) is 8.79. The van der Waals surface area contributed by atoms with Gasteiger partial charge in [-0.1, -0.05) is 13.0 Å². The highest BCUT2D eigenvalue weighted by Crippen LogP contribution is 2.39. The first kappa shape index (κ1) is 12.0. The van der Waals surface area contributed by atoms with Crippen molar-refractivity contribution in [3.05, 3.63) is 29.3 Å². The summed E-state index contributed by atoms with van der Waals surface area (Å²) in [7, 11) is 0. The van der Waals surface area contributed by atoms with Gasteiger partial charge in [-0.15, -0.1) is 0 Å². The third-order valence-electron chi connectivity index (χ3n) is 4.15. The number of fused-ring (bicyclic) bond motifs is 3. The number of rotatable bonds is 2. The maximum Gasteiger partial charge on any atom is 0.115 e. The molecule has 0 radical (unpaired) electrons. The molecule has 0 bridgehead atoms. The Bertz CT molecular complexity index is 431. The van der Waals surface area contributed by atoms with E-state index >= 15 is 0 Å². The molecule has 0 unspecified atom stereocenters. The van der Waals surface area contributed by atoms with Crippen LogP contribution in [0.5, 0.6) is 5.75 Å². The van der Waals surface area contributed by atoms with Crippen LogP contribution in [0.2, 0.25) is 0 Å². The van der Waals surface area contributed by atoms with Gasteiger partial charge in [0.1, 0.15) is 5.75 Å². The zero-order chi connectivity index (χ0) is 12.5. The quantitative estimate of drug-likeness (QED) is 0.871. The van der Waals surface area contributed by atoms with Crippen molar-refractivity contribution in [2.45, 2.75) is 38.3 Å². The number of nitrogens with zero attached hydrogens (tertiary/aromatic N) is 1. The molecule has 0 saturated carbocycles. The van der Waals surface area contributed by atoms with Gasteiger partial charge in [-0.2, -0.15) is 0 Å². The highest BCUT2D eigenvalue weighted by molar-refractivity contribution is 5.39. The lowest BCUT2D eigenvalue weighted by molar-refractivity contribution is -0.0801. The van der Waals surface area contributed by atoms with Crippen molar-refractivity contribution in [2.24, 2.45) is 0 Å². The summed E-state index contributed by atoms with van der Waals surface area (Å²) in [5.41, 5.74) is 2.54. The monoisotopic (exact) mass is 247 g/mol. The van der Waals surface area contributed by atoms with E-state index in [0.717, 1.165) is 26.1 Å². The molecule has 0 amide bonds. The highest BCUT2D eigenvalue weighted by Gasteiger charge is 2.36. The number of phenols is 1. The molecule has 2 atom stereocenters. The van der Waals surface area contributed by atoms with Gasteiger partial charge in [0.2, 0.25) is 0 Å².